The molecular formula is C15H17N3O5S. The van der Waals surface area contributed by atoms with Crippen LogP contribution in [-0.2, 0) is 26.2 Å². The predicted molar refractivity (Wildman–Crippen MR) is 84.9 cm³/mol. The molecule has 0 unspecified atom stereocenters. The first-order valence-electron chi connectivity index (χ1n) is 6.99. The van der Waals surface area contributed by atoms with E-state index in [4.69, 9.17) is 4.42 Å². The Morgan fingerprint density at radius 3 is 2.50 bits per heavy atom. The van der Waals surface area contributed by atoms with Gasteiger partial charge < -0.3 is 9.73 Å². The van der Waals surface area contributed by atoms with E-state index in [1.807, 2.05) is 17.2 Å². The third-order valence-corrected chi connectivity index (χ3v) is 4.54. The van der Waals surface area contributed by atoms with Crippen molar-refractivity contribution >= 4 is 21.8 Å². The highest BCUT2D eigenvalue weighted by atomic mass is 32.2. The van der Waals surface area contributed by atoms with Gasteiger partial charge in [-0.1, -0.05) is 17.7 Å². The molecule has 0 aliphatic heterocycles. The molecule has 9 heteroatoms. The Morgan fingerprint density at radius 1 is 1.12 bits per heavy atom. The van der Waals surface area contributed by atoms with Gasteiger partial charge >= 0.3 is 11.8 Å². The Hall–Kier alpha value is -2.65. The topological polar surface area (TPSA) is 118 Å². The average Bonchev–Trinajstić information content (AvgIpc) is 3.03. The van der Waals surface area contributed by atoms with Crippen LogP contribution in [0, 0.1) is 13.8 Å². The van der Waals surface area contributed by atoms with Crippen molar-refractivity contribution < 1.29 is 22.4 Å². The lowest BCUT2D eigenvalue weighted by Crippen LogP contribution is -2.48. The highest BCUT2D eigenvalue weighted by Crippen LogP contribution is 2.15. The van der Waals surface area contributed by atoms with Crippen LogP contribution in [0.2, 0.25) is 0 Å². The minimum atomic E-state index is -3.97. The number of hydrogen-bond acceptors (Lipinski definition) is 5. The number of nitrogens with one attached hydrogen (secondary N) is 3. The fraction of sp³-hybridized carbons (Fsp3) is 0.200. The molecule has 128 valence electrons. The van der Waals surface area contributed by atoms with Gasteiger partial charge in [-0.25, -0.2) is 8.42 Å². The number of amides is 2. The SMILES string of the molecule is Cc1ccc(S(=O)(=O)NNC(=O)C(=O)NCc2ccco2)c(C)c1. The highest BCUT2D eigenvalue weighted by Gasteiger charge is 2.20. The number of aryl methyl sites for hydroxylation is 2. The third-order valence-electron chi connectivity index (χ3n) is 3.13. The summed E-state index contributed by atoms with van der Waals surface area (Å²) in [5.74, 6) is -1.66. The zero-order chi connectivity index (χ0) is 17.7. The van der Waals surface area contributed by atoms with Crippen molar-refractivity contribution in [1.82, 2.24) is 15.6 Å². The van der Waals surface area contributed by atoms with Crippen LogP contribution in [0.15, 0.2) is 45.9 Å². The molecule has 0 fully saturated rings. The molecule has 2 rings (SSSR count). The van der Waals surface area contributed by atoms with E-state index in [0.717, 1.165) is 5.56 Å². The molecule has 0 radical (unpaired) electrons. The zero-order valence-electron chi connectivity index (χ0n) is 13.1. The monoisotopic (exact) mass is 351 g/mol. The van der Waals surface area contributed by atoms with Crippen LogP contribution in [0.3, 0.4) is 0 Å². The summed E-state index contributed by atoms with van der Waals surface area (Å²) in [5, 5.41) is 2.30. The Balaban J connectivity index is 1.93. The molecule has 3 N–H and O–H groups in total. The summed E-state index contributed by atoms with van der Waals surface area (Å²) in [6.07, 6.45) is 1.43. The van der Waals surface area contributed by atoms with Crippen molar-refractivity contribution in [3.05, 3.63) is 53.5 Å². The molecule has 8 nitrogen and oxygen atoms in total. The number of carbonyl (C=O) groups is 2. The average molecular weight is 351 g/mol. The summed E-state index contributed by atoms with van der Waals surface area (Å²) in [5.41, 5.74) is 3.31. The molecule has 1 heterocycles. The number of hydrazine groups is 1. The van der Waals surface area contributed by atoms with Gasteiger partial charge in [0, 0.05) is 0 Å². The van der Waals surface area contributed by atoms with E-state index in [9.17, 15) is 18.0 Å². The lowest BCUT2D eigenvalue weighted by Gasteiger charge is -2.10. The van der Waals surface area contributed by atoms with Gasteiger partial charge in [-0.05, 0) is 37.6 Å². The Morgan fingerprint density at radius 2 is 1.88 bits per heavy atom. The fourth-order valence-electron chi connectivity index (χ4n) is 1.99. The van der Waals surface area contributed by atoms with Crippen molar-refractivity contribution in [2.45, 2.75) is 25.3 Å². The van der Waals surface area contributed by atoms with Gasteiger partial charge in [-0.3, -0.25) is 15.0 Å². The van der Waals surface area contributed by atoms with Crippen LogP contribution < -0.4 is 15.6 Å². The van der Waals surface area contributed by atoms with E-state index >= 15 is 0 Å². The van der Waals surface area contributed by atoms with Crippen molar-refractivity contribution in [3.63, 3.8) is 0 Å². The maximum Gasteiger partial charge on any atom is 0.324 e. The number of benzene rings is 1. The van der Waals surface area contributed by atoms with Gasteiger partial charge in [0.1, 0.15) is 5.76 Å². The lowest BCUT2D eigenvalue weighted by atomic mass is 10.2. The first kappa shape index (κ1) is 17.7. The molecule has 2 aromatic rings. The summed E-state index contributed by atoms with van der Waals surface area (Å²) >= 11 is 0. The summed E-state index contributed by atoms with van der Waals surface area (Å²) in [6, 6.07) is 8.03. The van der Waals surface area contributed by atoms with E-state index < -0.39 is 21.8 Å². The lowest BCUT2D eigenvalue weighted by molar-refractivity contribution is -0.139. The van der Waals surface area contributed by atoms with Gasteiger partial charge in [0.15, 0.2) is 0 Å². The molecule has 0 bridgehead atoms. The van der Waals surface area contributed by atoms with E-state index in [-0.39, 0.29) is 11.4 Å². The van der Waals surface area contributed by atoms with Crippen LogP contribution in [0.1, 0.15) is 16.9 Å². The van der Waals surface area contributed by atoms with E-state index in [2.05, 4.69) is 5.32 Å². The smallest absolute Gasteiger partial charge is 0.324 e. The second kappa shape index (κ2) is 7.28. The van der Waals surface area contributed by atoms with Crippen LogP contribution in [0.25, 0.3) is 0 Å². The van der Waals surface area contributed by atoms with E-state index in [1.54, 1.807) is 31.2 Å². The molecule has 0 saturated heterocycles. The van der Waals surface area contributed by atoms with Gasteiger partial charge in [-0.2, -0.15) is 0 Å². The van der Waals surface area contributed by atoms with Gasteiger partial charge in [0.2, 0.25) is 0 Å². The largest absolute Gasteiger partial charge is 0.467 e. The second-order valence-electron chi connectivity index (χ2n) is 5.09. The summed E-state index contributed by atoms with van der Waals surface area (Å²) in [4.78, 5) is 25.2. The maximum absolute atomic E-state index is 12.2. The molecule has 2 amide bonds. The predicted octanol–water partition coefficient (Wildman–Crippen LogP) is 0.522. The molecular weight excluding hydrogens is 334 g/mol. The van der Waals surface area contributed by atoms with Crippen molar-refractivity contribution in [1.29, 1.82) is 0 Å². The quantitative estimate of drug-likeness (QED) is 0.536. The molecule has 1 aromatic carbocycles. The Kier molecular flexibility index (Phi) is 5.37. The van der Waals surface area contributed by atoms with Crippen molar-refractivity contribution in [3.8, 4) is 0 Å². The van der Waals surface area contributed by atoms with Crippen molar-refractivity contribution in [2.75, 3.05) is 0 Å². The second-order valence-corrected chi connectivity index (χ2v) is 6.74. The van der Waals surface area contributed by atoms with Crippen LogP contribution in [0.5, 0.6) is 0 Å². The Bertz CT molecular complexity index is 844. The summed E-state index contributed by atoms with van der Waals surface area (Å²) in [6.45, 7) is 3.49. The number of hydrogen-bond donors (Lipinski definition) is 3. The number of rotatable bonds is 5. The zero-order valence-corrected chi connectivity index (χ0v) is 13.9. The van der Waals surface area contributed by atoms with Crippen LogP contribution >= 0.6 is 0 Å². The van der Waals surface area contributed by atoms with E-state index in [0.29, 0.717) is 11.3 Å². The molecule has 1 aromatic heterocycles. The number of sulfonamides is 1. The molecule has 0 spiro atoms. The minimum absolute atomic E-state index is 0.0169. The third kappa shape index (κ3) is 4.43. The fourth-order valence-corrected chi connectivity index (χ4v) is 3.05. The van der Waals surface area contributed by atoms with Crippen LogP contribution in [-0.4, -0.2) is 20.2 Å². The van der Waals surface area contributed by atoms with Gasteiger partial charge in [0.25, 0.3) is 10.0 Å². The van der Waals surface area contributed by atoms with Crippen LogP contribution in [0.4, 0.5) is 0 Å². The standard InChI is InChI=1S/C15H17N3O5S/c1-10-5-6-13(11(2)8-10)24(21,22)18-17-15(20)14(19)16-9-12-4-3-7-23-12/h3-8,18H,9H2,1-2H3,(H,16,19)(H,17,20). The van der Waals surface area contributed by atoms with Gasteiger partial charge in [-0.15, -0.1) is 4.83 Å². The summed E-state index contributed by atoms with van der Waals surface area (Å²) in [7, 11) is -3.97. The van der Waals surface area contributed by atoms with Crippen molar-refractivity contribution in [2.24, 2.45) is 0 Å². The maximum atomic E-state index is 12.2. The number of furan rings is 1. The first-order chi connectivity index (χ1) is 11.3. The van der Waals surface area contributed by atoms with Gasteiger partial charge in [0.05, 0.1) is 17.7 Å². The Labute approximate surface area is 139 Å². The molecule has 0 saturated carbocycles. The molecule has 24 heavy (non-hydrogen) atoms. The number of carbonyl (C=O) groups excluding carboxylic acids is 2. The normalized spacial score (nSPS) is 11.1. The first-order valence-corrected chi connectivity index (χ1v) is 8.47. The van der Waals surface area contributed by atoms with E-state index in [1.165, 1.54) is 12.3 Å². The molecule has 0 atom stereocenters. The summed E-state index contributed by atoms with van der Waals surface area (Å²) < 4.78 is 29.3. The molecule has 0 aliphatic carbocycles. The molecule has 0 aliphatic rings. The highest BCUT2D eigenvalue weighted by molar-refractivity contribution is 7.89. The minimum Gasteiger partial charge on any atom is -0.467 e.